The first-order chi connectivity index (χ1) is 21.3. The van der Waals surface area contributed by atoms with E-state index in [0.29, 0.717) is 11.5 Å². The molecule has 6 heteroatoms. The Balaban J connectivity index is 0.00000357. The second kappa shape index (κ2) is 12.1. The number of aryl methyl sites for hydroxylation is 2. The maximum absolute atomic E-state index is 6.45. The van der Waals surface area contributed by atoms with E-state index < -0.39 is 0 Å². The molecular formula is C39H34N4OPd. The molecule has 0 saturated heterocycles. The van der Waals surface area contributed by atoms with Gasteiger partial charge in [-0.2, -0.15) is 17.2 Å². The maximum atomic E-state index is 6.45. The Morgan fingerprint density at radius 1 is 0.800 bits per heavy atom. The van der Waals surface area contributed by atoms with Crippen molar-refractivity contribution in [1.82, 2.24) is 19.3 Å². The summed E-state index contributed by atoms with van der Waals surface area (Å²) < 4.78 is 10.6. The van der Waals surface area contributed by atoms with Crippen molar-refractivity contribution in [2.45, 2.75) is 46.5 Å². The fourth-order valence-corrected chi connectivity index (χ4v) is 6.04. The summed E-state index contributed by atoms with van der Waals surface area (Å²) in [5, 5.41) is 7.37. The van der Waals surface area contributed by atoms with E-state index in [-0.39, 0.29) is 25.8 Å². The Morgan fingerprint density at radius 2 is 1.56 bits per heavy atom. The minimum atomic E-state index is -0.160. The smallest absolute Gasteiger partial charge is 0.509 e. The zero-order chi connectivity index (χ0) is 30.4. The van der Waals surface area contributed by atoms with Gasteiger partial charge in [0.05, 0.1) is 11.4 Å². The first kappa shape index (κ1) is 30.5. The van der Waals surface area contributed by atoms with E-state index in [1.54, 1.807) is 0 Å². The van der Waals surface area contributed by atoms with Crippen LogP contribution in [-0.4, -0.2) is 19.3 Å². The van der Waals surface area contributed by atoms with Gasteiger partial charge >= 0.3 is 20.4 Å². The molecule has 0 fully saturated rings. The van der Waals surface area contributed by atoms with Gasteiger partial charge in [-0.3, -0.25) is 4.68 Å². The van der Waals surface area contributed by atoms with Gasteiger partial charge in [-0.15, -0.1) is 35.7 Å². The summed E-state index contributed by atoms with van der Waals surface area (Å²) in [6.07, 6.45) is 2.68. The average molecular weight is 681 g/mol. The van der Waals surface area contributed by atoms with E-state index in [4.69, 9.17) is 14.8 Å². The van der Waals surface area contributed by atoms with Crippen LogP contribution in [0.4, 0.5) is 0 Å². The van der Waals surface area contributed by atoms with Crippen molar-refractivity contribution in [2.75, 3.05) is 0 Å². The van der Waals surface area contributed by atoms with E-state index in [2.05, 4.69) is 118 Å². The zero-order valence-electron chi connectivity index (χ0n) is 26.0. The number of pyridine rings is 1. The number of aromatic nitrogens is 4. The van der Waals surface area contributed by atoms with Gasteiger partial charge in [-0.25, -0.2) is 4.98 Å². The predicted octanol–water partition coefficient (Wildman–Crippen LogP) is 9.59. The molecule has 7 rings (SSSR count). The number of rotatable bonds is 6. The normalized spacial score (nSPS) is 11.6. The Bertz CT molecular complexity index is 2140. The second-order valence-electron chi connectivity index (χ2n) is 12.2. The first-order valence-electron chi connectivity index (χ1n) is 15.1. The Labute approximate surface area is 278 Å². The van der Waals surface area contributed by atoms with Gasteiger partial charge < -0.3 is 9.30 Å². The van der Waals surface area contributed by atoms with Crippen LogP contribution >= 0.6 is 0 Å². The van der Waals surface area contributed by atoms with Crippen LogP contribution in [0, 0.1) is 19.1 Å². The topological polar surface area (TPSA) is 44.9 Å². The van der Waals surface area contributed by atoms with Crippen LogP contribution < -0.4 is 4.74 Å². The van der Waals surface area contributed by atoms with Crippen LogP contribution in [-0.2, 0) is 32.3 Å². The van der Waals surface area contributed by atoms with Crippen molar-refractivity contribution >= 4 is 21.8 Å². The molecule has 0 N–H and O–H groups in total. The molecule has 3 heterocycles. The third-order valence-electron chi connectivity index (χ3n) is 7.95. The summed E-state index contributed by atoms with van der Waals surface area (Å²) in [5.74, 6) is 2.06. The summed E-state index contributed by atoms with van der Waals surface area (Å²) in [6.45, 7) is 10.9. The average Bonchev–Trinajstić information content (AvgIpc) is 3.58. The van der Waals surface area contributed by atoms with Crippen LogP contribution in [0.15, 0.2) is 103 Å². The molecule has 0 aliphatic rings. The van der Waals surface area contributed by atoms with Gasteiger partial charge in [0, 0.05) is 34.2 Å². The Morgan fingerprint density at radius 3 is 2.31 bits per heavy atom. The fraction of sp³-hybridized carbons (Fsp3) is 0.179. The summed E-state index contributed by atoms with van der Waals surface area (Å²) in [7, 11) is 0. The predicted molar refractivity (Wildman–Crippen MR) is 178 cm³/mol. The van der Waals surface area contributed by atoms with Crippen LogP contribution in [0.2, 0.25) is 0 Å². The van der Waals surface area contributed by atoms with Crippen LogP contribution in [0.25, 0.3) is 44.4 Å². The number of para-hydroxylation sites is 1. The summed E-state index contributed by atoms with van der Waals surface area (Å²) in [6, 6.07) is 40.1. The number of benzene rings is 4. The summed E-state index contributed by atoms with van der Waals surface area (Å²) in [4.78, 5) is 4.69. The van der Waals surface area contributed by atoms with E-state index in [0.717, 1.165) is 56.7 Å². The molecule has 3 aromatic heterocycles. The molecule has 45 heavy (non-hydrogen) atoms. The van der Waals surface area contributed by atoms with Gasteiger partial charge in [-0.1, -0.05) is 81.7 Å². The number of ether oxygens (including phenoxy) is 1. The third kappa shape index (κ3) is 5.61. The standard InChI is InChI=1S/C39H34N4O.Pd/c1-6-33-37(27-13-8-7-9-14-27)38(39(3,4)5)43(41-33)28-15-12-16-29(24-28)44-30-19-20-32-31-17-10-11-18-34(31)42(35(32)25-30)36-23-26(2)21-22-40-36;/h7-23H,6H2,1-5H3;/q-2;+2. The Hall–Kier alpha value is -4.50. The number of fused-ring (bicyclic) bond motifs is 3. The largest absolute Gasteiger partial charge is 2.00 e. The summed E-state index contributed by atoms with van der Waals surface area (Å²) in [5.41, 5.74) is 8.40. The molecule has 0 unspecified atom stereocenters. The SMILES string of the molecule is CCc1nn(-c2[c-]c(Oc3[c-]c4c(cc3)c3ccccc3n4-c3cc(C)ccn3)ccc2)c(C(C)(C)C)c1-c1ccccc1.[Pd+2]. The van der Waals surface area contributed by atoms with Crippen LogP contribution in [0.3, 0.4) is 0 Å². The van der Waals surface area contributed by atoms with Gasteiger partial charge in [0.2, 0.25) is 0 Å². The molecule has 0 bridgehead atoms. The molecule has 0 spiro atoms. The van der Waals surface area contributed by atoms with Gasteiger partial charge in [0.1, 0.15) is 5.82 Å². The van der Waals surface area contributed by atoms with Crippen molar-refractivity contribution in [3.05, 3.63) is 132 Å². The van der Waals surface area contributed by atoms with Crippen molar-refractivity contribution in [3.63, 3.8) is 0 Å². The van der Waals surface area contributed by atoms with E-state index in [1.165, 1.54) is 11.1 Å². The molecule has 226 valence electrons. The molecule has 0 amide bonds. The van der Waals surface area contributed by atoms with Gasteiger partial charge in [-0.05, 0) is 53.7 Å². The number of hydrogen-bond acceptors (Lipinski definition) is 3. The quantitative estimate of drug-likeness (QED) is 0.130. The molecular weight excluding hydrogens is 647 g/mol. The zero-order valence-corrected chi connectivity index (χ0v) is 27.6. The molecule has 0 saturated carbocycles. The first-order valence-corrected chi connectivity index (χ1v) is 15.1. The van der Waals surface area contributed by atoms with E-state index in [9.17, 15) is 0 Å². The maximum Gasteiger partial charge on any atom is 2.00 e. The van der Waals surface area contributed by atoms with Crippen molar-refractivity contribution in [3.8, 4) is 34.1 Å². The van der Waals surface area contributed by atoms with E-state index in [1.807, 2.05) is 41.2 Å². The van der Waals surface area contributed by atoms with Crippen molar-refractivity contribution in [1.29, 1.82) is 0 Å². The molecule has 0 atom stereocenters. The van der Waals surface area contributed by atoms with Crippen LogP contribution in [0.5, 0.6) is 11.5 Å². The Kier molecular flexibility index (Phi) is 8.22. The van der Waals surface area contributed by atoms with Gasteiger partial charge in [0.25, 0.3) is 0 Å². The fourth-order valence-electron chi connectivity index (χ4n) is 6.04. The third-order valence-corrected chi connectivity index (χ3v) is 7.95. The number of hydrogen-bond donors (Lipinski definition) is 0. The monoisotopic (exact) mass is 680 g/mol. The number of nitrogens with zero attached hydrogens (tertiary/aromatic N) is 4. The minimum absolute atomic E-state index is 0. The second-order valence-corrected chi connectivity index (χ2v) is 12.2. The molecule has 5 nitrogen and oxygen atoms in total. The van der Waals surface area contributed by atoms with Gasteiger partial charge in [0.15, 0.2) is 0 Å². The van der Waals surface area contributed by atoms with Crippen molar-refractivity contribution in [2.24, 2.45) is 0 Å². The molecule has 0 aliphatic heterocycles. The minimum Gasteiger partial charge on any atom is -0.509 e. The summed E-state index contributed by atoms with van der Waals surface area (Å²) >= 11 is 0. The van der Waals surface area contributed by atoms with Crippen LogP contribution in [0.1, 0.15) is 44.6 Å². The molecule has 7 aromatic rings. The van der Waals surface area contributed by atoms with Crippen molar-refractivity contribution < 1.29 is 25.2 Å². The molecule has 0 aliphatic carbocycles. The van der Waals surface area contributed by atoms with E-state index >= 15 is 0 Å². The molecule has 4 aromatic carbocycles. The molecule has 0 radical (unpaired) electrons.